The predicted octanol–water partition coefficient (Wildman–Crippen LogP) is 1.02. The van der Waals surface area contributed by atoms with Crippen molar-refractivity contribution in [3.8, 4) is 0 Å². The van der Waals surface area contributed by atoms with Gasteiger partial charge in [-0.05, 0) is 12.8 Å². The summed E-state index contributed by atoms with van der Waals surface area (Å²) in [5.74, 6) is 0. The van der Waals surface area contributed by atoms with E-state index in [1.54, 1.807) is 0 Å². The SMILES string of the molecule is NC1CC(NCCC(F)(F)F)C1. The minimum atomic E-state index is -4.04. The van der Waals surface area contributed by atoms with Gasteiger partial charge in [0.2, 0.25) is 0 Å². The van der Waals surface area contributed by atoms with Crippen LogP contribution in [0.5, 0.6) is 0 Å². The fraction of sp³-hybridized carbons (Fsp3) is 1.00. The van der Waals surface area contributed by atoms with Crippen molar-refractivity contribution >= 4 is 0 Å². The highest BCUT2D eigenvalue weighted by atomic mass is 19.4. The summed E-state index contributed by atoms with van der Waals surface area (Å²) in [4.78, 5) is 0. The second-order valence-corrected chi connectivity index (χ2v) is 3.25. The van der Waals surface area contributed by atoms with Crippen LogP contribution in [-0.4, -0.2) is 24.8 Å². The van der Waals surface area contributed by atoms with Gasteiger partial charge in [0.05, 0.1) is 6.42 Å². The molecule has 1 fully saturated rings. The number of nitrogens with one attached hydrogen (secondary N) is 1. The van der Waals surface area contributed by atoms with Crippen molar-refractivity contribution in [3.05, 3.63) is 0 Å². The highest BCUT2D eigenvalue weighted by Crippen LogP contribution is 2.20. The lowest BCUT2D eigenvalue weighted by Gasteiger charge is -2.33. The third-order valence-corrected chi connectivity index (χ3v) is 2.02. The Bertz CT molecular complexity index is 140. The van der Waals surface area contributed by atoms with E-state index in [1.807, 2.05) is 0 Å². The Hall–Kier alpha value is -0.290. The molecule has 12 heavy (non-hydrogen) atoms. The molecule has 0 aromatic carbocycles. The van der Waals surface area contributed by atoms with Gasteiger partial charge < -0.3 is 11.1 Å². The maximum absolute atomic E-state index is 11.6. The van der Waals surface area contributed by atoms with E-state index in [-0.39, 0.29) is 18.6 Å². The van der Waals surface area contributed by atoms with E-state index in [0.29, 0.717) is 0 Å². The fourth-order valence-electron chi connectivity index (χ4n) is 1.25. The van der Waals surface area contributed by atoms with E-state index in [1.165, 1.54) is 0 Å². The van der Waals surface area contributed by atoms with E-state index in [2.05, 4.69) is 5.32 Å². The van der Waals surface area contributed by atoms with Crippen molar-refractivity contribution in [2.75, 3.05) is 6.54 Å². The Kier molecular flexibility index (Phi) is 2.95. The van der Waals surface area contributed by atoms with Crippen LogP contribution in [0, 0.1) is 0 Å². The standard InChI is InChI=1S/C7H13F3N2/c8-7(9,10)1-2-12-6-3-5(11)4-6/h5-6,12H,1-4,11H2. The average Bonchev–Trinajstić information content (AvgIpc) is 1.81. The minimum absolute atomic E-state index is 0.0148. The number of hydrogen-bond acceptors (Lipinski definition) is 2. The molecule has 1 saturated carbocycles. The Balaban J connectivity index is 1.97. The van der Waals surface area contributed by atoms with Gasteiger partial charge in [-0.25, -0.2) is 0 Å². The smallest absolute Gasteiger partial charge is 0.328 e. The van der Waals surface area contributed by atoms with Gasteiger partial charge in [0.1, 0.15) is 0 Å². The van der Waals surface area contributed by atoms with Gasteiger partial charge >= 0.3 is 6.18 Å². The summed E-state index contributed by atoms with van der Waals surface area (Å²) in [7, 11) is 0. The molecule has 0 unspecified atom stereocenters. The highest BCUT2D eigenvalue weighted by Gasteiger charge is 2.29. The van der Waals surface area contributed by atoms with Crippen LogP contribution in [0.3, 0.4) is 0 Å². The second kappa shape index (κ2) is 3.62. The molecule has 1 aliphatic carbocycles. The number of rotatable bonds is 3. The Morgan fingerprint density at radius 1 is 1.33 bits per heavy atom. The average molecular weight is 182 g/mol. The van der Waals surface area contributed by atoms with E-state index in [9.17, 15) is 13.2 Å². The zero-order chi connectivity index (χ0) is 9.19. The van der Waals surface area contributed by atoms with Crippen molar-refractivity contribution < 1.29 is 13.2 Å². The van der Waals surface area contributed by atoms with E-state index >= 15 is 0 Å². The third kappa shape index (κ3) is 3.40. The maximum Gasteiger partial charge on any atom is 0.390 e. The quantitative estimate of drug-likeness (QED) is 0.683. The first-order valence-electron chi connectivity index (χ1n) is 4.03. The van der Waals surface area contributed by atoms with Crippen molar-refractivity contribution in [2.24, 2.45) is 5.73 Å². The lowest BCUT2D eigenvalue weighted by molar-refractivity contribution is -0.133. The molecule has 3 N–H and O–H groups in total. The van der Waals surface area contributed by atoms with Crippen molar-refractivity contribution in [1.29, 1.82) is 0 Å². The van der Waals surface area contributed by atoms with Gasteiger partial charge in [-0.15, -0.1) is 0 Å². The molecule has 0 aliphatic heterocycles. The minimum Gasteiger partial charge on any atom is -0.328 e. The number of hydrogen-bond donors (Lipinski definition) is 2. The first kappa shape index (κ1) is 9.80. The topological polar surface area (TPSA) is 38.0 Å². The Morgan fingerprint density at radius 2 is 1.92 bits per heavy atom. The van der Waals surface area contributed by atoms with Crippen LogP contribution in [0.15, 0.2) is 0 Å². The van der Waals surface area contributed by atoms with Crippen LogP contribution in [0.4, 0.5) is 13.2 Å². The third-order valence-electron chi connectivity index (χ3n) is 2.02. The summed E-state index contributed by atoms with van der Waals surface area (Å²) in [6, 6.07) is 0.399. The van der Waals surface area contributed by atoms with E-state index in [4.69, 9.17) is 5.73 Å². The van der Waals surface area contributed by atoms with Crippen LogP contribution in [-0.2, 0) is 0 Å². The van der Waals surface area contributed by atoms with Gasteiger partial charge in [-0.1, -0.05) is 0 Å². The molecule has 0 saturated heterocycles. The van der Waals surface area contributed by atoms with Gasteiger partial charge in [0.25, 0.3) is 0 Å². The largest absolute Gasteiger partial charge is 0.390 e. The number of alkyl halides is 3. The molecule has 0 heterocycles. The predicted molar refractivity (Wildman–Crippen MR) is 39.7 cm³/mol. The molecule has 5 heteroatoms. The van der Waals surface area contributed by atoms with Crippen LogP contribution in [0.2, 0.25) is 0 Å². The van der Waals surface area contributed by atoms with Gasteiger partial charge in [0, 0.05) is 18.6 Å². The highest BCUT2D eigenvalue weighted by molar-refractivity contribution is 4.87. The van der Waals surface area contributed by atoms with Crippen molar-refractivity contribution in [2.45, 2.75) is 37.5 Å². The van der Waals surface area contributed by atoms with Gasteiger partial charge in [-0.2, -0.15) is 13.2 Å². The van der Waals surface area contributed by atoms with E-state index < -0.39 is 12.6 Å². The van der Waals surface area contributed by atoms with Gasteiger partial charge in [-0.3, -0.25) is 0 Å². The molecule has 72 valence electrons. The van der Waals surface area contributed by atoms with Crippen LogP contribution < -0.4 is 11.1 Å². The monoisotopic (exact) mass is 182 g/mol. The molecule has 1 rings (SSSR count). The van der Waals surface area contributed by atoms with Crippen molar-refractivity contribution in [3.63, 3.8) is 0 Å². The lowest BCUT2D eigenvalue weighted by atomic mass is 9.88. The van der Waals surface area contributed by atoms with E-state index in [0.717, 1.165) is 12.8 Å². The molecule has 0 spiro atoms. The molecule has 0 aromatic heterocycles. The molecule has 0 amide bonds. The van der Waals surface area contributed by atoms with Gasteiger partial charge in [0.15, 0.2) is 0 Å². The zero-order valence-corrected chi connectivity index (χ0v) is 6.69. The van der Waals surface area contributed by atoms with Crippen LogP contribution in [0.1, 0.15) is 19.3 Å². The molecule has 0 aromatic rings. The molecule has 0 atom stereocenters. The summed E-state index contributed by atoms with van der Waals surface area (Å²) in [5, 5.41) is 2.81. The number of halogens is 3. The second-order valence-electron chi connectivity index (χ2n) is 3.25. The first-order valence-corrected chi connectivity index (χ1v) is 4.03. The molecule has 1 aliphatic rings. The summed E-state index contributed by atoms with van der Waals surface area (Å²) in [6.07, 6.45) is -3.19. The molecular weight excluding hydrogens is 169 g/mol. The fourth-order valence-corrected chi connectivity index (χ4v) is 1.25. The number of nitrogens with two attached hydrogens (primary N) is 1. The first-order chi connectivity index (χ1) is 5.47. The zero-order valence-electron chi connectivity index (χ0n) is 6.69. The molecular formula is C7H13F3N2. The molecule has 0 radical (unpaired) electrons. The van der Waals surface area contributed by atoms with Crippen molar-refractivity contribution in [1.82, 2.24) is 5.32 Å². The molecule has 2 nitrogen and oxygen atoms in total. The van der Waals surface area contributed by atoms with Crippen LogP contribution in [0.25, 0.3) is 0 Å². The Morgan fingerprint density at radius 3 is 2.33 bits per heavy atom. The summed E-state index contributed by atoms with van der Waals surface area (Å²) in [6.45, 7) is 0.0148. The summed E-state index contributed by atoms with van der Waals surface area (Å²) in [5.41, 5.74) is 5.46. The van der Waals surface area contributed by atoms with Crippen LogP contribution >= 0.6 is 0 Å². The summed E-state index contributed by atoms with van der Waals surface area (Å²) < 4.78 is 34.9. The maximum atomic E-state index is 11.6. The summed E-state index contributed by atoms with van der Waals surface area (Å²) >= 11 is 0. The Labute approximate surface area is 69.3 Å². The normalized spacial score (nSPS) is 30.0. The lowest BCUT2D eigenvalue weighted by Crippen LogP contribution is -2.49. The molecule has 0 bridgehead atoms.